The molecule has 4 nitrogen and oxygen atoms in total. The predicted molar refractivity (Wildman–Crippen MR) is 65.8 cm³/mol. The third kappa shape index (κ3) is 2.49. The molecule has 0 saturated carbocycles. The van der Waals surface area contributed by atoms with E-state index in [0.29, 0.717) is 11.7 Å². The summed E-state index contributed by atoms with van der Waals surface area (Å²) in [6, 6.07) is 7.53. The average Bonchev–Trinajstić information content (AvgIpc) is 2.33. The molecule has 0 atom stereocenters. The van der Waals surface area contributed by atoms with E-state index < -0.39 is 0 Å². The van der Waals surface area contributed by atoms with Crippen LogP contribution in [0.3, 0.4) is 0 Å². The van der Waals surface area contributed by atoms with Gasteiger partial charge >= 0.3 is 0 Å². The van der Waals surface area contributed by atoms with Gasteiger partial charge in [0.2, 0.25) is 0 Å². The summed E-state index contributed by atoms with van der Waals surface area (Å²) in [5.41, 5.74) is 0. The summed E-state index contributed by atoms with van der Waals surface area (Å²) in [4.78, 5) is 8.21. The van der Waals surface area contributed by atoms with Crippen molar-refractivity contribution in [2.24, 2.45) is 0 Å². The van der Waals surface area contributed by atoms with Crippen LogP contribution in [0, 0.1) is 0 Å². The van der Waals surface area contributed by atoms with Gasteiger partial charge in [0.15, 0.2) is 5.82 Å². The molecule has 82 valence electrons. The molecule has 0 radical (unpaired) electrons. The molecule has 1 N–H and O–H groups in total. The van der Waals surface area contributed by atoms with Gasteiger partial charge in [-0.1, -0.05) is 15.9 Å². The third-order valence-electron chi connectivity index (χ3n) is 1.93. The van der Waals surface area contributed by atoms with Gasteiger partial charge in [0, 0.05) is 23.9 Å². The van der Waals surface area contributed by atoms with E-state index in [2.05, 4.69) is 31.2 Å². The first-order chi connectivity index (χ1) is 7.79. The average molecular weight is 280 g/mol. The van der Waals surface area contributed by atoms with Crippen molar-refractivity contribution in [3.8, 4) is 11.6 Å². The van der Waals surface area contributed by atoms with Gasteiger partial charge in [-0.3, -0.25) is 0 Å². The molecule has 0 aliphatic heterocycles. The van der Waals surface area contributed by atoms with Crippen molar-refractivity contribution in [2.75, 3.05) is 12.4 Å². The van der Waals surface area contributed by atoms with Crippen LogP contribution >= 0.6 is 15.9 Å². The van der Waals surface area contributed by atoms with Crippen molar-refractivity contribution in [1.82, 2.24) is 9.97 Å². The van der Waals surface area contributed by atoms with Crippen LogP contribution in [0.25, 0.3) is 0 Å². The Morgan fingerprint density at radius 2 is 1.81 bits per heavy atom. The Balaban J connectivity index is 2.23. The van der Waals surface area contributed by atoms with Crippen molar-refractivity contribution in [1.29, 1.82) is 0 Å². The Hall–Kier alpha value is -1.62. The molecule has 0 fully saturated rings. The van der Waals surface area contributed by atoms with Crippen molar-refractivity contribution in [3.63, 3.8) is 0 Å². The van der Waals surface area contributed by atoms with Gasteiger partial charge in [-0.15, -0.1) is 0 Å². The summed E-state index contributed by atoms with van der Waals surface area (Å²) in [6.45, 7) is 0. The van der Waals surface area contributed by atoms with E-state index in [9.17, 15) is 0 Å². The summed E-state index contributed by atoms with van der Waals surface area (Å²) in [5, 5.41) is 2.92. The van der Waals surface area contributed by atoms with Gasteiger partial charge < -0.3 is 10.1 Å². The van der Waals surface area contributed by atoms with E-state index in [0.717, 1.165) is 10.2 Å². The van der Waals surface area contributed by atoms with Gasteiger partial charge in [-0.05, 0) is 24.3 Å². The second-order valence-corrected chi connectivity index (χ2v) is 3.93. The van der Waals surface area contributed by atoms with Gasteiger partial charge in [0.25, 0.3) is 5.88 Å². The number of nitrogens with zero attached hydrogens (tertiary/aromatic N) is 2. The predicted octanol–water partition coefficient (Wildman–Crippen LogP) is 3.07. The van der Waals surface area contributed by atoms with E-state index >= 15 is 0 Å². The Morgan fingerprint density at radius 1 is 1.12 bits per heavy atom. The van der Waals surface area contributed by atoms with E-state index in [4.69, 9.17) is 4.74 Å². The Morgan fingerprint density at radius 3 is 2.50 bits per heavy atom. The molecule has 1 aromatic heterocycles. The molecule has 2 aromatic rings. The maximum atomic E-state index is 5.60. The van der Waals surface area contributed by atoms with E-state index in [1.807, 2.05) is 24.3 Å². The quantitative estimate of drug-likeness (QED) is 0.938. The molecule has 0 aliphatic carbocycles. The normalized spacial score (nSPS) is 9.88. The van der Waals surface area contributed by atoms with Crippen LogP contribution < -0.4 is 10.1 Å². The molecule has 5 heteroatoms. The Labute approximate surface area is 102 Å². The second kappa shape index (κ2) is 4.94. The number of rotatable bonds is 3. The number of anilines is 1. The highest BCUT2D eigenvalue weighted by atomic mass is 79.9. The van der Waals surface area contributed by atoms with E-state index in [1.54, 1.807) is 19.4 Å². The molecule has 0 unspecified atom stereocenters. The first kappa shape index (κ1) is 10.9. The molecule has 16 heavy (non-hydrogen) atoms. The van der Waals surface area contributed by atoms with Gasteiger partial charge in [0.1, 0.15) is 5.75 Å². The summed E-state index contributed by atoms with van der Waals surface area (Å²) in [6.07, 6.45) is 3.20. The largest absolute Gasteiger partial charge is 0.436 e. The maximum Gasteiger partial charge on any atom is 0.262 e. The highest BCUT2D eigenvalue weighted by molar-refractivity contribution is 9.10. The van der Waals surface area contributed by atoms with Crippen LogP contribution in [0.4, 0.5) is 5.82 Å². The molecule has 0 aliphatic rings. The molecule has 1 heterocycles. The first-order valence-electron chi connectivity index (χ1n) is 4.72. The fourth-order valence-corrected chi connectivity index (χ4v) is 1.45. The highest BCUT2D eigenvalue weighted by Crippen LogP contribution is 2.25. The van der Waals surface area contributed by atoms with Crippen molar-refractivity contribution in [3.05, 3.63) is 41.1 Å². The van der Waals surface area contributed by atoms with Gasteiger partial charge in [-0.25, -0.2) is 9.97 Å². The summed E-state index contributed by atoms with van der Waals surface area (Å²) >= 11 is 3.36. The minimum atomic E-state index is 0.465. The zero-order chi connectivity index (χ0) is 11.4. The minimum absolute atomic E-state index is 0.465. The lowest BCUT2D eigenvalue weighted by Crippen LogP contribution is -1.97. The topological polar surface area (TPSA) is 47.0 Å². The minimum Gasteiger partial charge on any atom is -0.436 e. The lowest BCUT2D eigenvalue weighted by molar-refractivity contribution is 0.462. The SMILES string of the molecule is CNc1nccnc1Oc1ccc(Br)cc1. The lowest BCUT2D eigenvalue weighted by atomic mass is 10.3. The van der Waals surface area contributed by atoms with Crippen LogP contribution in [-0.2, 0) is 0 Å². The van der Waals surface area contributed by atoms with Crippen LogP contribution in [0.2, 0.25) is 0 Å². The number of halogens is 1. The van der Waals surface area contributed by atoms with Crippen LogP contribution in [0.15, 0.2) is 41.1 Å². The lowest BCUT2D eigenvalue weighted by Gasteiger charge is -2.07. The second-order valence-electron chi connectivity index (χ2n) is 3.02. The van der Waals surface area contributed by atoms with Gasteiger partial charge in [-0.2, -0.15) is 0 Å². The van der Waals surface area contributed by atoms with Crippen molar-refractivity contribution < 1.29 is 4.74 Å². The summed E-state index contributed by atoms with van der Waals surface area (Å²) in [5.74, 6) is 1.80. The highest BCUT2D eigenvalue weighted by Gasteiger charge is 2.05. The fraction of sp³-hybridized carbons (Fsp3) is 0.0909. The molecule has 1 aromatic carbocycles. The van der Waals surface area contributed by atoms with Crippen LogP contribution in [-0.4, -0.2) is 17.0 Å². The monoisotopic (exact) mass is 279 g/mol. The van der Waals surface area contributed by atoms with Crippen LogP contribution in [0.1, 0.15) is 0 Å². The molecule has 0 spiro atoms. The molecule has 0 amide bonds. The number of benzene rings is 1. The van der Waals surface area contributed by atoms with Crippen LogP contribution in [0.5, 0.6) is 11.6 Å². The number of nitrogens with one attached hydrogen (secondary N) is 1. The first-order valence-corrected chi connectivity index (χ1v) is 5.51. The number of hydrogen-bond acceptors (Lipinski definition) is 4. The van der Waals surface area contributed by atoms with Gasteiger partial charge in [0.05, 0.1) is 0 Å². The standard InChI is InChI=1S/C11H10BrN3O/c1-13-10-11(15-7-6-14-10)16-9-4-2-8(12)3-5-9/h2-7H,1H3,(H,13,14). The summed E-state index contributed by atoms with van der Waals surface area (Å²) in [7, 11) is 1.78. The smallest absolute Gasteiger partial charge is 0.262 e. The number of ether oxygens (including phenoxy) is 1. The Bertz CT molecular complexity index is 473. The van der Waals surface area contributed by atoms with E-state index in [1.165, 1.54) is 0 Å². The number of hydrogen-bond donors (Lipinski definition) is 1. The fourth-order valence-electron chi connectivity index (χ4n) is 1.19. The van der Waals surface area contributed by atoms with E-state index in [-0.39, 0.29) is 0 Å². The molecular formula is C11H10BrN3O. The zero-order valence-corrected chi connectivity index (χ0v) is 10.2. The molecule has 0 bridgehead atoms. The summed E-state index contributed by atoms with van der Waals surface area (Å²) < 4.78 is 6.61. The zero-order valence-electron chi connectivity index (χ0n) is 8.64. The van der Waals surface area contributed by atoms with Crippen molar-refractivity contribution in [2.45, 2.75) is 0 Å². The third-order valence-corrected chi connectivity index (χ3v) is 2.46. The molecule has 2 rings (SSSR count). The molecule has 0 saturated heterocycles. The molecular weight excluding hydrogens is 270 g/mol. The number of aromatic nitrogens is 2. The van der Waals surface area contributed by atoms with Crippen molar-refractivity contribution >= 4 is 21.7 Å². The maximum absolute atomic E-state index is 5.60. The Kier molecular flexibility index (Phi) is 3.36.